The number of nitrogens with one attached hydrogen (secondary N) is 2. The number of benzene rings is 2. The quantitative estimate of drug-likeness (QED) is 0.104. The number of fused-ring (bicyclic) bond motifs is 2. The predicted octanol–water partition coefficient (Wildman–Crippen LogP) is 5.73. The summed E-state index contributed by atoms with van der Waals surface area (Å²) in [6, 6.07) is 20.0. The van der Waals surface area contributed by atoms with E-state index in [1.807, 2.05) is 55.5 Å². The molecule has 14 heteroatoms. The third-order valence-electron chi connectivity index (χ3n) is 13.0. The van der Waals surface area contributed by atoms with Crippen LogP contribution < -0.4 is 25.8 Å². The number of ether oxygens (including phenoxy) is 1. The number of aromatic nitrogens is 5. The van der Waals surface area contributed by atoms with E-state index in [4.69, 9.17) is 14.7 Å². The number of aliphatic hydroxyl groups is 1. The Bertz CT molecular complexity index is 2450. The second-order valence-corrected chi connectivity index (χ2v) is 16.8. The number of nitrogens with zero attached hydrogens (tertiary/aromatic N) is 7. The summed E-state index contributed by atoms with van der Waals surface area (Å²) in [7, 11) is 0. The number of aryl methyl sites for hydroxylation is 1. The van der Waals surface area contributed by atoms with Crippen molar-refractivity contribution in [2.75, 3.05) is 42.9 Å². The highest BCUT2D eigenvalue weighted by molar-refractivity contribution is 6.00. The molecule has 2 aromatic carbocycles. The van der Waals surface area contributed by atoms with Crippen LogP contribution in [0.15, 0.2) is 84.3 Å². The first-order valence-corrected chi connectivity index (χ1v) is 21.5. The lowest BCUT2D eigenvalue weighted by molar-refractivity contribution is -0.134. The van der Waals surface area contributed by atoms with Gasteiger partial charge in [0.25, 0.3) is 5.56 Å². The van der Waals surface area contributed by atoms with Gasteiger partial charge in [-0.3, -0.25) is 19.7 Å². The van der Waals surface area contributed by atoms with Crippen LogP contribution in [0.3, 0.4) is 0 Å². The van der Waals surface area contributed by atoms with Crippen molar-refractivity contribution in [2.45, 2.75) is 88.9 Å². The molecule has 1 unspecified atom stereocenters. The lowest BCUT2D eigenvalue weighted by Gasteiger charge is -2.38. The summed E-state index contributed by atoms with van der Waals surface area (Å²) < 4.78 is 9.59. The Balaban J connectivity index is 0.775. The average Bonchev–Trinajstić information content (AvgIpc) is 3.74. The second-order valence-electron chi connectivity index (χ2n) is 16.8. The zero-order chi connectivity index (χ0) is 41.4. The molecule has 2 atom stereocenters. The molecule has 3 aliphatic heterocycles. The maximum Gasteiger partial charge on any atom is 0.278 e. The molecule has 0 radical (unpaired) electrons. The van der Waals surface area contributed by atoms with Crippen LogP contribution in [0.4, 0.5) is 17.3 Å². The number of pyridine rings is 1. The first-order chi connectivity index (χ1) is 29.2. The number of hydrogen-bond acceptors (Lipinski definition) is 11. The molecule has 0 saturated carbocycles. The number of likely N-dealkylation sites (tertiary alicyclic amines) is 1. The van der Waals surface area contributed by atoms with Gasteiger partial charge in [0, 0.05) is 56.7 Å². The molecule has 3 fully saturated rings. The highest BCUT2D eigenvalue weighted by atomic mass is 16.5. The van der Waals surface area contributed by atoms with Crippen molar-refractivity contribution in [3.05, 3.63) is 107 Å². The van der Waals surface area contributed by atoms with Crippen LogP contribution in [0.25, 0.3) is 16.9 Å². The van der Waals surface area contributed by atoms with E-state index in [0.29, 0.717) is 60.1 Å². The Morgan fingerprint density at radius 1 is 0.933 bits per heavy atom. The summed E-state index contributed by atoms with van der Waals surface area (Å²) in [6.45, 7) is 11.3. The van der Waals surface area contributed by atoms with E-state index in [1.165, 1.54) is 5.69 Å². The summed E-state index contributed by atoms with van der Waals surface area (Å²) >= 11 is 0. The average molecular weight is 812 g/mol. The van der Waals surface area contributed by atoms with E-state index in [0.717, 1.165) is 87.4 Å². The number of allylic oxidation sites excluding steroid dienone is 1. The summed E-state index contributed by atoms with van der Waals surface area (Å²) in [5, 5.41) is 17.4. The van der Waals surface area contributed by atoms with Gasteiger partial charge in [-0.05, 0) is 111 Å². The van der Waals surface area contributed by atoms with Gasteiger partial charge in [-0.1, -0.05) is 31.2 Å². The van der Waals surface area contributed by atoms with E-state index in [1.54, 1.807) is 21.6 Å². The number of anilines is 3. The van der Waals surface area contributed by atoms with Crippen LogP contribution in [0, 0.1) is 5.92 Å². The van der Waals surface area contributed by atoms with Crippen LogP contribution in [-0.2, 0) is 28.2 Å². The highest BCUT2D eigenvalue weighted by Gasteiger charge is 2.37. The first kappa shape index (κ1) is 39.6. The van der Waals surface area contributed by atoms with E-state index in [2.05, 4.69) is 44.1 Å². The second kappa shape index (κ2) is 16.7. The van der Waals surface area contributed by atoms with Crippen molar-refractivity contribution in [1.29, 1.82) is 0 Å². The molecule has 6 heterocycles. The monoisotopic (exact) mass is 811 g/mol. The molecule has 14 nitrogen and oxygen atoms in total. The van der Waals surface area contributed by atoms with Gasteiger partial charge < -0.3 is 25.0 Å². The minimum atomic E-state index is -0.988. The zero-order valence-corrected chi connectivity index (χ0v) is 34.2. The Morgan fingerprint density at radius 2 is 1.70 bits per heavy atom. The zero-order valence-electron chi connectivity index (χ0n) is 34.2. The van der Waals surface area contributed by atoms with Gasteiger partial charge in [0.2, 0.25) is 17.8 Å². The summed E-state index contributed by atoms with van der Waals surface area (Å²) in [5.74, 6) is 1.67. The van der Waals surface area contributed by atoms with Gasteiger partial charge in [0.15, 0.2) is 11.5 Å². The Labute approximate surface area is 349 Å². The van der Waals surface area contributed by atoms with Crippen LogP contribution in [0.1, 0.15) is 81.0 Å². The van der Waals surface area contributed by atoms with Crippen LogP contribution in [-0.4, -0.2) is 85.0 Å². The normalized spacial score (nSPS) is 21.6. The Kier molecular flexibility index (Phi) is 11.0. The molecular weight excluding hydrogens is 759 g/mol. The minimum absolute atomic E-state index is 0.180. The Morgan fingerprint density at radius 3 is 2.42 bits per heavy atom. The SMILES string of the molecule is C=CCn1c(=O)c2cnc(Nc3ccc(N4CCC(CN5CCC(Oc6ccc(C7CCC(=O)NC7=O)cc6)CC5)CC4)cc3)nc2n1-c1ccc2c(n1)[C@@](O)(CC)CC2. The molecular formula is C46H53N9O5. The number of piperidine rings is 3. The van der Waals surface area contributed by atoms with E-state index in [-0.39, 0.29) is 35.9 Å². The van der Waals surface area contributed by atoms with Crippen molar-refractivity contribution in [1.82, 2.24) is 34.5 Å². The number of rotatable bonds is 12. The summed E-state index contributed by atoms with van der Waals surface area (Å²) in [6.07, 6.45) is 10.6. The van der Waals surface area contributed by atoms with E-state index >= 15 is 0 Å². The van der Waals surface area contributed by atoms with Crippen molar-refractivity contribution >= 4 is 40.2 Å². The van der Waals surface area contributed by atoms with Gasteiger partial charge >= 0.3 is 0 Å². The smallest absolute Gasteiger partial charge is 0.278 e. The topological polar surface area (TPSA) is 160 Å². The maximum absolute atomic E-state index is 13.5. The molecule has 9 rings (SSSR count). The lowest BCUT2D eigenvalue weighted by atomic mass is 9.90. The summed E-state index contributed by atoms with van der Waals surface area (Å²) in [4.78, 5) is 56.6. The number of hydrogen-bond donors (Lipinski definition) is 3. The minimum Gasteiger partial charge on any atom is -0.490 e. The third kappa shape index (κ3) is 7.93. The first-order valence-electron chi connectivity index (χ1n) is 21.5. The number of carbonyl (C=O) groups excluding carboxylic acids is 2. The predicted molar refractivity (Wildman–Crippen MR) is 230 cm³/mol. The van der Waals surface area contributed by atoms with Gasteiger partial charge in [0.05, 0.1) is 18.2 Å². The molecule has 4 aliphatic rings. The van der Waals surface area contributed by atoms with Crippen molar-refractivity contribution in [3.63, 3.8) is 0 Å². The fourth-order valence-corrected chi connectivity index (χ4v) is 9.43. The van der Waals surface area contributed by atoms with Gasteiger partial charge in [-0.25, -0.2) is 19.3 Å². The highest BCUT2D eigenvalue weighted by Crippen LogP contribution is 2.38. The van der Waals surface area contributed by atoms with E-state index < -0.39 is 5.60 Å². The molecule has 3 saturated heterocycles. The molecule has 5 aromatic rings. The van der Waals surface area contributed by atoms with Crippen LogP contribution in [0.2, 0.25) is 0 Å². The van der Waals surface area contributed by atoms with Crippen molar-refractivity contribution in [3.8, 4) is 11.6 Å². The molecule has 2 amide bonds. The summed E-state index contributed by atoms with van der Waals surface area (Å²) in [5.41, 5.74) is 3.84. The van der Waals surface area contributed by atoms with E-state index in [9.17, 15) is 19.5 Å². The molecule has 312 valence electrons. The largest absolute Gasteiger partial charge is 0.490 e. The standard InChI is InChI=1S/C46H53N9O5/c1-3-23-54-44(58)38-28-47-45(51-42(38)55(54)39-15-7-32-17-22-46(59,4-2)41(32)49-39)48-33-8-10-34(11-9-33)53-26-18-30(19-27-53)29-52-24-20-36(21-25-52)60-35-12-5-31(6-13-35)37-14-16-40(56)50-43(37)57/h3,5-13,15,28,30,36-37,59H,1,4,14,16-27,29H2,2H3,(H,47,48,51)(H,50,56,57)/t37?,46-/m1/s1. The third-order valence-corrected chi connectivity index (χ3v) is 13.0. The van der Waals surface area contributed by atoms with Crippen LogP contribution >= 0.6 is 0 Å². The number of amides is 2. The lowest BCUT2D eigenvalue weighted by Crippen LogP contribution is -2.43. The fraction of sp³-hybridized carbons (Fsp3) is 0.435. The number of imide groups is 1. The van der Waals surface area contributed by atoms with Gasteiger partial charge in [-0.15, -0.1) is 6.58 Å². The Hall–Kier alpha value is -5.86. The van der Waals surface area contributed by atoms with Gasteiger partial charge in [0.1, 0.15) is 22.8 Å². The number of carbonyl (C=O) groups is 2. The molecule has 60 heavy (non-hydrogen) atoms. The molecule has 0 bridgehead atoms. The molecule has 3 aromatic heterocycles. The van der Waals surface area contributed by atoms with Crippen molar-refractivity contribution in [2.24, 2.45) is 5.92 Å². The van der Waals surface area contributed by atoms with Gasteiger partial charge in [-0.2, -0.15) is 4.98 Å². The molecule has 3 N–H and O–H groups in total. The fourth-order valence-electron chi connectivity index (χ4n) is 9.43. The van der Waals surface area contributed by atoms with Crippen molar-refractivity contribution < 1.29 is 19.4 Å². The molecule has 1 aliphatic carbocycles. The maximum atomic E-state index is 13.5. The molecule has 0 spiro atoms. The van der Waals surface area contributed by atoms with Crippen LogP contribution in [0.5, 0.6) is 5.75 Å².